The van der Waals surface area contributed by atoms with Crippen molar-refractivity contribution in [3.8, 4) is 0 Å². The van der Waals surface area contributed by atoms with Crippen LogP contribution in [0.2, 0.25) is 5.15 Å². The molecule has 56 valence electrons. The second-order valence-electron chi connectivity index (χ2n) is 2.01. The highest BCUT2D eigenvalue weighted by Crippen LogP contribution is 2.20. The standard InChI is InChI=1S/C6H3ClIN3/c7-6-5(8)4-3-9-1-2-11(4)10-6/h1-3H. The molecule has 3 nitrogen and oxygen atoms in total. The van der Waals surface area contributed by atoms with Crippen molar-refractivity contribution in [1.29, 1.82) is 0 Å². The second kappa shape index (κ2) is 2.60. The number of rotatable bonds is 0. The third-order valence-electron chi connectivity index (χ3n) is 1.34. The van der Waals surface area contributed by atoms with E-state index in [9.17, 15) is 0 Å². The van der Waals surface area contributed by atoms with Gasteiger partial charge in [-0.25, -0.2) is 4.52 Å². The summed E-state index contributed by atoms with van der Waals surface area (Å²) in [6.45, 7) is 0. The van der Waals surface area contributed by atoms with Crippen LogP contribution < -0.4 is 0 Å². The molecule has 0 bridgehead atoms. The molecule has 0 saturated heterocycles. The van der Waals surface area contributed by atoms with Crippen molar-refractivity contribution in [2.24, 2.45) is 0 Å². The SMILES string of the molecule is Clc1nn2ccncc2c1I. The third-order valence-corrected chi connectivity index (χ3v) is 2.99. The average molecular weight is 279 g/mol. The van der Waals surface area contributed by atoms with Gasteiger partial charge >= 0.3 is 0 Å². The zero-order valence-electron chi connectivity index (χ0n) is 5.33. The Bertz CT molecular complexity index is 398. The first-order valence-corrected chi connectivity index (χ1v) is 4.38. The molecule has 0 atom stereocenters. The van der Waals surface area contributed by atoms with Gasteiger partial charge in [-0.3, -0.25) is 4.98 Å². The van der Waals surface area contributed by atoms with Crippen molar-refractivity contribution in [2.75, 3.05) is 0 Å². The largest absolute Gasteiger partial charge is 0.261 e. The van der Waals surface area contributed by atoms with Crippen LogP contribution in [0.4, 0.5) is 0 Å². The maximum Gasteiger partial charge on any atom is 0.165 e. The normalized spacial score (nSPS) is 10.7. The monoisotopic (exact) mass is 279 g/mol. The Balaban J connectivity index is 2.92. The van der Waals surface area contributed by atoms with Gasteiger partial charge in [0.2, 0.25) is 0 Å². The Morgan fingerprint density at radius 1 is 1.55 bits per heavy atom. The molecule has 0 aliphatic heterocycles. The molecule has 0 aliphatic carbocycles. The third kappa shape index (κ3) is 1.10. The molecule has 0 radical (unpaired) electrons. The smallest absolute Gasteiger partial charge is 0.165 e. The van der Waals surface area contributed by atoms with E-state index in [1.165, 1.54) is 0 Å². The summed E-state index contributed by atoms with van der Waals surface area (Å²) in [5, 5.41) is 4.57. The first-order valence-electron chi connectivity index (χ1n) is 2.92. The molecule has 2 heterocycles. The van der Waals surface area contributed by atoms with Crippen LogP contribution in [0, 0.1) is 3.57 Å². The van der Waals surface area contributed by atoms with Crippen LogP contribution in [0.25, 0.3) is 5.52 Å². The topological polar surface area (TPSA) is 30.2 Å². The molecule has 0 amide bonds. The van der Waals surface area contributed by atoms with Gasteiger partial charge < -0.3 is 0 Å². The van der Waals surface area contributed by atoms with Crippen molar-refractivity contribution in [1.82, 2.24) is 14.6 Å². The zero-order valence-corrected chi connectivity index (χ0v) is 8.24. The molecule has 0 aromatic carbocycles. The average Bonchev–Trinajstić information content (AvgIpc) is 2.30. The van der Waals surface area contributed by atoms with Crippen LogP contribution in [-0.2, 0) is 0 Å². The molecule has 0 saturated carbocycles. The van der Waals surface area contributed by atoms with Gasteiger partial charge in [0.15, 0.2) is 5.15 Å². The van der Waals surface area contributed by atoms with Crippen molar-refractivity contribution in [3.63, 3.8) is 0 Å². The quantitative estimate of drug-likeness (QED) is 0.690. The highest BCUT2D eigenvalue weighted by Gasteiger charge is 2.05. The number of hydrogen-bond donors (Lipinski definition) is 0. The van der Waals surface area contributed by atoms with Crippen LogP contribution in [0.15, 0.2) is 18.6 Å². The Labute approximate surface area is 81.5 Å². The molecule has 5 heteroatoms. The molecule has 2 aromatic heterocycles. The molecule has 0 spiro atoms. The van der Waals surface area contributed by atoms with E-state index < -0.39 is 0 Å². The van der Waals surface area contributed by atoms with E-state index in [1.807, 2.05) is 0 Å². The Morgan fingerprint density at radius 2 is 2.36 bits per heavy atom. The molecule has 0 unspecified atom stereocenters. The lowest BCUT2D eigenvalue weighted by molar-refractivity contribution is 0.946. The fourth-order valence-electron chi connectivity index (χ4n) is 0.843. The predicted molar refractivity (Wildman–Crippen MR) is 50.7 cm³/mol. The summed E-state index contributed by atoms with van der Waals surface area (Å²) in [6, 6.07) is 0. The lowest BCUT2D eigenvalue weighted by atomic mass is 10.5. The number of nitrogens with zero attached hydrogens (tertiary/aromatic N) is 3. The Hall–Kier alpha value is -0.360. The molecular formula is C6H3ClIN3. The highest BCUT2D eigenvalue weighted by molar-refractivity contribution is 14.1. The summed E-state index contributed by atoms with van der Waals surface area (Å²) in [6.07, 6.45) is 5.18. The van der Waals surface area contributed by atoms with Gasteiger partial charge in [0.1, 0.15) is 0 Å². The van der Waals surface area contributed by atoms with Gasteiger partial charge in [-0.1, -0.05) is 11.6 Å². The molecular weight excluding hydrogens is 276 g/mol. The Morgan fingerprint density at radius 3 is 3.09 bits per heavy atom. The van der Waals surface area contributed by atoms with Crippen LogP contribution in [-0.4, -0.2) is 14.6 Å². The summed E-state index contributed by atoms with van der Waals surface area (Å²) < 4.78 is 2.65. The first-order chi connectivity index (χ1) is 5.29. The van der Waals surface area contributed by atoms with Gasteiger partial charge in [-0.05, 0) is 22.6 Å². The first kappa shape index (κ1) is 7.30. The predicted octanol–water partition coefficient (Wildman–Crippen LogP) is 1.99. The molecule has 0 aliphatic rings. The summed E-state index contributed by atoms with van der Waals surface area (Å²) in [5.41, 5.74) is 0.943. The summed E-state index contributed by atoms with van der Waals surface area (Å²) in [5.74, 6) is 0. The molecule has 2 aromatic rings. The minimum absolute atomic E-state index is 0.526. The van der Waals surface area contributed by atoms with Crippen molar-refractivity contribution in [3.05, 3.63) is 27.3 Å². The minimum atomic E-state index is 0.526. The Kier molecular flexibility index (Phi) is 1.72. The molecule has 11 heavy (non-hydrogen) atoms. The van der Waals surface area contributed by atoms with Crippen LogP contribution >= 0.6 is 34.2 Å². The second-order valence-corrected chi connectivity index (χ2v) is 3.45. The summed E-state index contributed by atoms with van der Waals surface area (Å²) in [7, 11) is 0. The maximum absolute atomic E-state index is 5.78. The van der Waals surface area contributed by atoms with Crippen LogP contribution in [0.5, 0.6) is 0 Å². The van der Waals surface area contributed by atoms with Gasteiger partial charge in [0.25, 0.3) is 0 Å². The number of halogens is 2. The van der Waals surface area contributed by atoms with E-state index in [2.05, 4.69) is 32.7 Å². The number of fused-ring (bicyclic) bond motifs is 1. The van der Waals surface area contributed by atoms with Gasteiger partial charge in [0, 0.05) is 12.4 Å². The maximum atomic E-state index is 5.78. The summed E-state index contributed by atoms with van der Waals surface area (Å²) >= 11 is 7.93. The number of hydrogen-bond acceptors (Lipinski definition) is 2. The van der Waals surface area contributed by atoms with E-state index in [1.54, 1.807) is 23.1 Å². The van der Waals surface area contributed by atoms with E-state index in [0.29, 0.717) is 5.15 Å². The fraction of sp³-hybridized carbons (Fsp3) is 0. The van der Waals surface area contributed by atoms with Crippen molar-refractivity contribution < 1.29 is 0 Å². The fourth-order valence-corrected chi connectivity index (χ4v) is 1.52. The lowest BCUT2D eigenvalue weighted by Gasteiger charge is -1.87. The molecule has 0 N–H and O–H groups in total. The van der Waals surface area contributed by atoms with E-state index in [0.717, 1.165) is 9.09 Å². The molecule has 0 fully saturated rings. The number of aromatic nitrogens is 3. The highest BCUT2D eigenvalue weighted by atomic mass is 127. The van der Waals surface area contributed by atoms with Gasteiger partial charge in [-0.2, -0.15) is 5.10 Å². The van der Waals surface area contributed by atoms with E-state index in [4.69, 9.17) is 11.6 Å². The summed E-state index contributed by atoms with van der Waals surface area (Å²) in [4.78, 5) is 3.96. The zero-order chi connectivity index (χ0) is 7.84. The lowest BCUT2D eigenvalue weighted by Crippen LogP contribution is -1.85. The van der Waals surface area contributed by atoms with E-state index in [-0.39, 0.29) is 0 Å². The van der Waals surface area contributed by atoms with Crippen molar-refractivity contribution in [2.45, 2.75) is 0 Å². The minimum Gasteiger partial charge on any atom is -0.261 e. The van der Waals surface area contributed by atoms with E-state index >= 15 is 0 Å². The van der Waals surface area contributed by atoms with Gasteiger partial charge in [-0.15, -0.1) is 0 Å². The van der Waals surface area contributed by atoms with Crippen LogP contribution in [0.3, 0.4) is 0 Å². The molecule has 2 rings (SSSR count). The van der Waals surface area contributed by atoms with Crippen LogP contribution in [0.1, 0.15) is 0 Å². The van der Waals surface area contributed by atoms with Crippen molar-refractivity contribution >= 4 is 39.7 Å². The van der Waals surface area contributed by atoms with Gasteiger partial charge in [0.05, 0.1) is 15.3 Å².